The third-order valence-corrected chi connectivity index (χ3v) is 4.17. The van der Waals surface area contributed by atoms with Crippen LogP contribution < -0.4 is 10.6 Å². The molecule has 21 heavy (non-hydrogen) atoms. The monoisotopic (exact) mass is 308 g/mol. The van der Waals surface area contributed by atoms with E-state index in [1.165, 1.54) is 11.3 Å². The Bertz CT molecular complexity index is 590. The number of nitrogens with zero attached hydrogens (tertiary/aromatic N) is 2. The molecule has 7 heteroatoms. The molecule has 114 valence electrons. The van der Waals surface area contributed by atoms with Crippen LogP contribution in [0.5, 0.6) is 0 Å². The van der Waals surface area contributed by atoms with Crippen LogP contribution in [0.25, 0.3) is 0 Å². The SMILES string of the molecule is CC(C)n1nccc1NC(=O)NCC(C)(O)c1cccs1. The van der Waals surface area contributed by atoms with Crippen molar-refractivity contribution >= 4 is 23.2 Å². The Kier molecular flexibility index (Phi) is 4.64. The van der Waals surface area contributed by atoms with Gasteiger partial charge >= 0.3 is 6.03 Å². The van der Waals surface area contributed by atoms with E-state index >= 15 is 0 Å². The van der Waals surface area contributed by atoms with Crippen LogP contribution in [0.15, 0.2) is 29.8 Å². The second kappa shape index (κ2) is 6.28. The van der Waals surface area contributed by atoms with E-state index < -0.39 is 5.60 Å². The van der Waals surface area contributed by atoms with E-state index in [1.807, 2.05) is 31.4 Å². The lowest BCUT2D eigenvalue weighted by atomic mass is 10.1. The molecule has 2 heterocycles. The van der Waals surface area contributed by atoms with Crippen molar-refractivity contribution in [3.8, 4) is 0 Å². The first-order chi connectivity index (χ1) is 9.90. The number of rotatable bonds is 5. The fourth-order valence-electron chi connectivity index (χ4n) is 1.91. The van der Waals surface area contributed by atoms with Crippen LogP contribution in [0.2, 0.25) is 0 Å². The highest BCUT2D eigenvalue weighted by Crippen LogP contribution is 2.24. The Balaban J connectivity index is 1.92. The van der Waals surface area contributed by atoms with Gasteiger partial charge in [0.25, 0.3) is 0 Å². The summed E-state index contributed by atoms with van der Waals surface area (Å²) in [6.07, 6.45) is 1.64. The van der Waals surface area contributed by atoms with Gasteiger partial charge in [-0.25, -0.2) is 9.48 Å². The fraction of sp³-hybridized carbons (Fsp3) is 0.429. The van der Waals surface area contributed by atoms with Crippen molar-refractivity contribution < 1.29 is 9.90 Å². The van der Waals surface area contributed by atoms with Gasteiger partial charge in [-0.3, -0.25) is 5.32 Å². The molecule has 0 fully saturated rings. The lowest BCUT2D eigenvalue weighted by Crippen LogP contribution is -2.40. The Hall–Kier alpha value is -1.86. The minimum atomic E-state index is -1.08. The van der Waals surface area contributed by atoms with E-state index in [0.717, 1.165) is 4.88 Å². The van der Waals surface area contributed by atoms with E-state index in [0.29, 0.717) is 5.82 Å². The van der Waals surface area contributed by atoms with Crippen molar-refractivity contribution in [1.29, 1.82) is 0 Å². The van der Waals surface area contributed by atoms with Gasteiger partial charge in [0.15, 0.2) is 0 Å². The van der Waals surface area contributed by atoms with E-state index in [4.69, 9.17) is 0 Å². The second-order valence-electron chi connectivity index (χ2n) is 5.31. The third-order valence-electron chi connectivity index (χ3n) is 3.05. The average Bonchev–Trinajstić information content (AvgIpc) is 3.07. The molecule has 0 aliphatic rings. The van der Waals surface area contributed by atoms with Crippen LogP contribution >= 0.6 is 11.3 Å². The van der Waals surface area contributed by atoms with Gasteiger partial charge < -0.3 is 10.4 Å². The summed E-state index contributed by atoms with van der Waals surface area (Å²) >= 11 is 1.46. The molecule has 2 aromatic heterocycles. The molecule has 0 saturated carbocycles. The highest BCUT2D eigenvalue weighted by molar-refractivity contribution is 7.10. The Labute approximate surface area is 127 Å². The van der Waals surface area contributed by atoms with Crippen molar-refractivity contribution in [2.24, 2.45) is 0 Å². The van der Waals surface area contributed by atoms with Gasteiger partial charge in [-0.05, 0) is 32.2 Å². The molecule has 3 N–H and O–H groups in total. The Morgan fingerprint density at radius 3 is 2.90 bits per heavy atom. The van der Waals surface area contributed by atoms with Gasteiger partial charge in [-0.1, -0.05) is 6.07 Å². The molecule has 0 bridgehead atoms. The first kappa shape index (κ1) is 15.5. The lowest BCUT2D eigenvalue weighted by molar-refractivity contribution is 0.0637. The average molecular weight is 308 g/mol. The minimum Gasteiger partial charge on any atom is -0.383 e. The molecule has 2 rings (SSSR count). The zero-order valence-electron chi connectivity index (χ0n) is 12.3. The molecule has 0 spiro atoms. The molecule has 1 unspecified atom stereocenters. The van der Waals surface area contributed by atoms with Crippen molar-refractivity contribution in [3.05, 3.63) is 34.7 Å². The van der Waals surface area contributed by atoms with Gasteiger partial charge in [0.05, 0.1) is 12.7 Å². The number of aromatic nitrogens is 2. The molecular formula is C14H20N4O2S. The van der Waals surface area contributed by atoms with Crippen LogP contribution in [0.3, 0.4) is 0 Å². The van der Waals surface area contributed by atoms with Crippen LogP contribution in [0.1, 0.15) is 31.7 Å². The van der Waals surface area contributed by atoms with Crippen LogP contribution in [0, 0.1) is 0 Å². The smallest absolute Gasteiger partial charge is 0.320 e. The quantitative estimate of drug-likeness (QED) is 0.794. The van der Waals surface area contributed by atoms with E-state index in [1.54, 1.807) is 23.9 Å². The largest absolute Gasteiger partial charge is 0.383 e. The number of hydrogen-bond donors (Lipinski definition) is 3. The summed E-state index contributed by atoms with van der Waals surface area (Å²) in [6, 6.07) is 5.24. The van der Waals surface area contributed by atoms with E-state index in [9.17, 15) is 9.90 Å². The molecule has 0 aliphatic heterocycles. The highest BCUT2D eigenvalue weighted by atomic mass is 32.1. The molecule has 1 atom stereocenters. The molecule has 2 aromatic rings. The molecular weight excluding hydrogens is 288 g/mol. The third kappa shape index (κ3) is 3.83. The van der Waals surface area contributed by atoms with Crippen LogP contribution in [-0.4, -0.2) is 27.5 Å². The number of urea groups is 1. The predicted octanol–water partition coefficient (Wildman–Crippen LogP) is 2.55. The Morgan fingerprint density at radius 1 is 1.52 bits per heavy atom. The van der Waals surface area contributed by atoms with Gasteiger partial charge in [0, 0.05) is 17.0 Å². The molecule has 2 amide bonds. The number of anilines is 1. The number of nitrogens with one attached hydrogen (secondary N) is 2. The summed E-state index contributed by atoms with van der Waals surface area (Å²) < 4.78 is 1.72. The topological polar surface area (TPSA) is 79.2 Å². The summed E-state index contributed by atoms with van der Waals surface area (Å²) in [5.41, 5.74) is -1.08. The number of carbonyl (C=O) groups excluding carboxylic acids is 1. The fourth-order valence-corrected chi connectivity index (χ4v) is 2.70. The number of aliphatic hydroxyl groups is 1. The van der Waals surface area contributed by atoms with Gasteiger partial charge in [0.1, 0.15) is 11.4 Å². The van der Waals surface area contributed by atoms with Gasteiger partial charge in [-0.15, -0.1) is 11.3 Å². The number of amides is 2. The Morgan fingerprint density at radius 2 is 2.29 bits per heavy atom. The first-order valence-electron chi connectivity index (χ1n) is 6.75. The molecule has 0 aliphatic carbocycles. The molecule has 0 radical (unpaired) electrons. The summed E-state index contributed by atoms with van der Waals surface area (Å²) in [5, 5.41) is 21.8. The van der Waals surface area contributed by atoms with Crippen LogP contribution in [-0.2, 0) is 5.60 Å². The first-order valence-corrected chi connectivity index (χ1v) is 7.63. The normalized spacial score (nSPS) is 14.0. The van der Waals surface area contributed by atoms with Crippen LogP contribution in [0.4, 0.5) is 10.6 Å². The zero-order chi connectivity index (χ0) is 15.5. The summed E-state index contributed by atoms with van der Waals surface area (Å²) in [5.74, 6) is 0.623. The van der Waals surface area contributed by atoms with Crippen molar-refractivity contribution in [1.82, 2.24) is 15.1 Å². The predicted molar refractivity (Wildman–Crippen MR) is 83.5 cm³/mol. The van der Waals surface area contributed by atoms with Gasteiger partial charge in [0.2, 0.25) is 0 Å². The van der Waals surface area contributed by atoms with Crippen molar-refractivity contribution in [2.75, 3.05) is 11.9 Å². The standard InChI is InChI=1S/C14H20N4O2S/c1-10(2)18-12(6-7-16-18)17-13(19)15-9-14(3,20)11-5-4-8-21-11/h4-8,10,20H,9H2,1-3H3,(H2,15,17,19). The maximum absolute atomic E-state index is 11.9. The summed E-state index contributed by atoms with van der Waals surface area (Å²) in [4.78, 5) is 12.7. The second-order valence-corrected chi connectivity index (χ2v) is 6.26. The van der Waals surface area contributed by atoms with Crippen molar-refractivity contribution in [2.45, 2.75) is 32.4 Å². The number of hydrogen-bond acceptors (Lipinski definition) is 4. The maximum atomic E-state index is 11.9. The van der Waals surface area contributed by atoms with E-state index in [-0.39, 0.29) is 18.6 Å². The molecule has 6 nitrogen and oxygen atoms in total. The highest BCUT2D eigenvalue weighted by Gasteiger charge is 2.25. The number of carbonyl (C=O) groups is 1. The summed E-state index contributed by atoms with van der Waals surface area (Å²) in [7, 11) is 0. The maximum Gasteiger partial charge on any atom is 0.320 e. The van der Waals surface area contributed by atoms with Gasteiger partial charge in [-0.2, -0.15) is 5.10 Å². The van der Waals surface area contributed by atoms with E-state index in [2.05, 4.69) is 15.7 Å². The number of thiophene rings is 1. The lowest BCUT2D eigenvalue weighted by Gasteiger charge is -2.22. The summed E-state index contributed by atoms with van der Waals surface area (Å²) in [6.45, 7) is 5.78. The van der Waals surface area contributed by atoms with Crippen molar-refractivity contribution in [3.63, 3.8) is 0 Å². The molecule has 0 saturated heterocycles. The zero-order valence-corrected chi connectivity index (χ0v) is 13.1. The minimum absolute atomic E-state index is 0.134. The molecule has 0 aromatic carbocycles.